The second-order valence-electron chi connectivity index (χ2n) is 17.1. The van der Waals surface area contributed by atoms with Crippen LogP contribution in [0.2, 0.25) is 51.4 Å². The number of hydrogen-bond donors (Lipinski definition) is 0. The fourth-order valence-corrected chi connectivity index (χ4v) is 8.04. The van der Waals surface area contributed by atoms with Crippen LogP contribution in [0.15, 0.2) is 47.2 Å². The lowest BCUT2D eigenvalue weighted by Crippen LogP contribution is -2.45. The zero-order chi connectivity index (χ0) is 37.7. The number of rotatable bonds is 15. The van der Waals surface area contributed by atoms with E-state index in [0.717, 1.165) is 44.4 Å². The first-order chi connectivity index (χ1) is 24.5. The molecule has 0 saturated carbocycles. The highest BCUT2D eigenvalue weighted by molar-refractivity contribution is 9.10. The van der Waals surface area contributed by atoms with Crippen molar-refractivity contribution >= 4 is 60.5 Å². The standard InChI is InChI=1S/C38H57BrN6O5Si2/c1-38(2,3)50-37(46)44(30-14-16-47-17-15-30)25-33-34(39)36(43(26-48-18-20-51(4,5)6)27-49-19-21-52(7,8)9)45-35(42-33)31(24-41-45)29-22-28-12-10-11-13-32(28)40-23-29/h10-13,22-24,30H,14-21,25-27H2,1-9H3. The molecule has 14 heteroatoms. The molecule has 1 fully saturated rings. The van der Waals surface area contributed by atoms with E-state index >= 15 is 0 Å². The van der Waals surface area contributed by atoms with Gasteiger partial charge in [0, 0.05) is 71.3 Å². The normalized spacial score (nSPS) is 14.7. The number of carbonyl (C=O) groups excluding carboxylic acids is 1. The molecule has 1 aliphatic heterocycles. The van der Waals surface area contributed by atoms with Gasteiger partial charge in [-0.15, -0.1) is 0 Å². The van der Waals surface area contributed by atoms with E-state index in [9.17, 15) is 4.79 Å². The van der Waals surface area contributed by atoms with Gasteiger partial charge in [-0.05, 0) is 73.8 Å². The number of carbonyl (C=O) groups is 1. The molecule has 0 N–H and O–H groups in total. The lowest BCUT2D eigenvalue weighted by Gasteiger charge is -2.36. The van der Waals surface area contributed by atoms with E-state index in [4.69, 9.17) is 34.0 Å². The lowest BCUT2D eigenvalue weighted by atomic mass is 10.1. The Bertz CT molecular complexity index is 1790. The molecule has 1 aromatic carbocycles. The van der Waals surface area contributed by atoms with Crippen molar-refractivity contribution in [2.75, 3.05) is 44.8 Å². The third kappa shape index (κ3) is 11.1. The summed E-state index contributed by atoms with van der Waals surface area (Å²) in [6.45, 7) is 23.1. The van der Waals surface area contributed by atoms with Crippen molar-refractivity contribution in [3.63, 3.8) is 0 Å². The SMILES string of the molecule is CC(C)(C)OC(=O)N(Cc1nc2c(-c3cnc4ccccc4c3)cnn2c(N(COCC[Si](C)(C)C)COCC[Si](C)(C)C)c1Br)C1CCOCC1. The van der Waals surface area contributed by atoms with E-state index in [-0.39, 0.29) is 18.7 Å². The zero-order valence-electron chi connectivity index (χ0n) is 32.5. The van der Waals surface area contributed by atoms with Crippen LogP contribution in [0.3, 0.4) is 0 Å². The molecule has 52 heavy (non-hydrogen) atoms. The van der Waals surface area contributed by atoms with Crippen molar-refractivity contribution in [3.8, 4) is 11.1 Å². The van der Waals surface area contributed by atoms with Crippen LogP contribution in [-0.4, -0.2) is 98.3 Å². The Morgan fingerprint density at radius 2 is 1.62 bits per heavy atom. The Kier molecular flexibility index (Phi) is 13.2. The van der Waals surface area contributed by atoms with Gasteiger partial charge in [0.15, 0.2) is 11.5 Å². The van der Waals surface area contributed by atoms with E-state index in [0.29, 0.717) is 64.1 Å². The quantitative estimate of drug-likeness (QED) is 0.0661. The molecule has 284 valence electrons. The van der Waals surface area contributed by atoms with Gasteiger partial charge in [-0.2, -0.15) is 9.61 Å². The molecule has 1 aliphatic rings. The third-order valence-electron chi connectivity index (χ3n) is 8.90. The first-order valence-electron chi connectivity index (χ1n) is 18.4. The molecule has 5 rings (SSSR count). The number of hydrogen-bond acceptors (Lipinski definition) is 9. The third-order valence-corrected chi connectivity index (χ3v) is 13.1. The molecule has 4 heterocycles. The Hall–Kier alpha value is -2.89. The Morgan fingerprint density at radius 3 is 2.23 bits per heavy atom. The summed E-state index contributed by atoms with van der Waals surface area (Å²) in [5.74, 6) is 0.747. The number of nitrogens with zero attached hydrogens (tertiary/aromatic N) is 6. The molecule has 1 saturated heterocycles. The molecule has 0 bridgehead atoms. The van der Waals surface area contributed by atoms with Gasteiger partial charge >= 0.3 is 6.09 Å². The molecular formula is C38H57BrN6O5Si2. The zero-order valence-corrected chi connectivity index (χ0v) is 36.1. The molecule has 1 amide bonds. The number of halogens is 1. The minimum absolute atomic E-state index is 0.0584. The van der Waals surface area contributed by atoms with Crippen molar-refractivity contribution < 1.29 is 23.7 Å². The molecule has 3 aromatic heterocycles. The maximum absolute atomic E-state index is 13.9. The van der Waals surface area contributed by atoms with E-state index in [1.54, 1.807) is 0 Å². The first-order valence-corrected chi connectivity index (χ1v) is 26.6. The van der Waals surface area contributed by atoms with Crippen LogP contribution < -0.4 is 4.90 Å². The number of para-hydroxylation sites is 1. The van der Waals surface area contributed by atoms with Crippen LogP contribution in [0.1, 0.15) is 39.3 Å². The van der Waals surface area contributed by atoms with Gasteiger partial charge in [0.2, 0.25) is 0 Å². The lowest BCUT2D eigenvalue weighted by molar-refractivity contribution is -0.00847. The number of ether oxygens (including phenoxy) is 4. The van der Waals surface area contributed by atoms with Crippen LogP contribution in [-0.2, 0) is 25.5 Å². The van der Waals surface area contributed by atoms with Gasteiger partial charge in [-0.25, -0.2) is 9.78 Å². The summed E-state index contributed by atoms with van der Waals surface area (Å²) in [6.07, 6.45) is 4.77. The van der Waals surface area contributed by atoms with E-state index in [1.165, 1.54) is 0 Å². The van der Waals surface area contributed by atoms with Gasteiger partial charge in [0.1, 0.15) is 19.1 Å². The molecule has 0 radical (unpaired) electrons. The summed E-state index contributed by atoms with van der Waals surface area (Å²) in [7, 11) is -2.62. The fourth-order valence-electron chi connectivity index (χ4n) is 5.89. The second kappa shape index (κ2) is 17.1. The molecule has 0 atom stereocenters. The Balaban J connectivity index is 1.62. The molecule has 4 aromatic rings. The highest BCUT2D eigenvalue weighted by Gasteiger charge is 2.32. The number of fused-ring (bicyclic) bond motifs is 2. The van der Waals surface area contributed by atoms with Gasteiger partial charge in [-0.1, -0.05) is 57.5 Å². The topological polar surface area (TPSA) is 104 Å². The maximum atomic E-state index is 13.9. The number of amides is 1. The first kappa shape index (κ1) is 40.3. The van der Waals surface area contributed by atoms with Crippen LogP contribution >= 0.6 is 15.9 Å². The summed E-state index contributed by atoms with van der Waals surface area (Å²) >= 11 is 3.97. The van der Waals surface area contributed by atoms with Gasteiger partial charge in [0.05, 0.1) is 28.4 Å². The van der Waals surface area contributed by atoms with Crippen molar-refractivity contribution in [2.45, 2.75) is 103 Å². The van der Waals surface area contributed by atoms with Crippen LogP contribution in [0.5, 0.6) is 0 Å². The minimum Gasteiger partial charge on any atom is -0.444 e. The van der Waals surface area contributed by atoms with Crippen LogP contribution in [0, 0.1) is 0 Å². The number of benzene rings is 1. The predicted octanol–water partition coefficient (Wildman–Crippen LogP) is 9.05. The second-order valence-corrected chi connectivity index (χ2v) is 29.1. The van der Waals surface area contributed by atoms with Gasteiger partial charge in [-0.3, -0.25) is 9.88 Å². The Morgan fingerprint density at radius 1 is 0.981 bits per heavy atom. The average molecular weight is 814 g/mol. The largest absolute Gasteiger partial charge is 0.444 e. The van der Waals surface area contributed by atoms with E-state index in [2.05, 4.69) is 72.2 Å². The summed E-state index contributed by atoms with van der Waals surface area (Å²) in [5.41, 5.74) is 3.33. The molecule has 0 aliphatic carbocycles. The summed E-state index contributed by atoms with van der Waals surface area (Å²) in [4.78, 5) is 27.8. The smallest absolute Gasteiger partial charge is 0.410 e. The van der Waals surface area contributed by atoms with Crippen molar-refractivity contribution in [1.82, 2.24) is 24.5 Å². The van der Waals surface area contributed by atoms with Gasteiger partial charge < -0.3 is 23.8 Å². The molecule has 0 unspecified atom stereocenters. The molecule has 11 nitrogen and oxygen atoms in total. The van der Waals surface area contributed by atoms with E-state index < -0.39 is 21.7 Å². The number of aromatic nitrogens is 4. The number of pyridine rings is 1. The molecule has 0 spiro atoms. The minimum atomic E-state index is -1.31. The highest BCUT2D eigenvalue weighted by atomic mass is 79.9. The summed E-state index contributed by atoms with van der Waals surface area (Å²) < 4.78 is 27.0. The van der Waals surface area contributed by atoms with Crippen LogP contribution in [0.25, 0.3) is 27.7 Å². The summed E-state index contributed by atoms with van der Waals surface area (Å²) in [5, 5.41) is 5.95. The molecular weight excluding hydrogens is 757 g/mol. The van der Waals surface area contributed by atoms with Gasteiger partial charge in [0.25, 0.3) is 0 Å². The highest BCUT2D eigenvalue weighted by Crippen LogP contribution is 2.36. The van der Waals surface area contributed by atoms with Crippen molar-refractivity contribution in [3.05, 3.63) is 52.9 Å². The number of anilines is 1. The fraction of sp³-hybridized carbons (Fsp3) is 0.579. The van der Waals surface area contributed by atoms with Crippen LogP contribution in [0.4, 0.5) is 10.6 Å². The Labute approximate surface area is 319 Å². The average Bonchev–Trinajstić information content (AvgIpc) is 3.48. The van der Waals surface area contributed by atoms with Crippen molar-refractivity contribution in [1.29, 1.82) is 0 Å². The van der Waals surface area contributed by atoms with Crippen molar-refractivity contribution in [2.24, 2.45) is 0 Å². The summed E-state index contributed by atoms with van der Waals surface area (Å²) in [6, 6.07) is 12.2. The monoisotopic (exact) mass is 812 g/mol. The van der Waals surface area contributed by atoms with E-state index in [1.807, 2.05) is 60.8 Å². The predicted molar refractivity (Wildman–Crippen MR) is 217 cm³/mol. The maximum Gasteiger partial charge on any atom is 0.410 e.